The molecule has 3 amide bonds. The van der Waals surface area contributed by atoms with E-state index in [9.17, 15) is 14.4 Å². The van der Waals surface area contributed by atoms with Gasteiger partial charge in [0.15, 0.2) is 0 Å². The van der Waals surface area contributed by atoms with E-state index in [1.54, 1.807) is 30.3 Å². The van der Waals surface area contributed by atoms with Gasteiger partial charge in [0, 0.05) is 18.7 Å². The van der Waals surface area contributed by atoms with Gasteiger partial charge in [-0.2, -0.15) is 0 Å². The molecule has 0 radical (unpaired) electrons. The maximum atomic E-state index is 12.4. The number of hydrogen-bond acceptors (Lipinski definition) is 4. The smallest absolute Gasteiger partial charge is 0.293 e. The van der Waals surface area contributed by atoms with Crippen molar-refractivity contribution in [3.63, 3.8) is 0 Å². The van der Waals surface area contributed by atoms with Crippen LogP contribution in [0.25, 0.3) is 6.08 Å². The number of hydrogen-bond donors (Lipinski definition) is 1. The van der Waals surface area contributed by atoms with E-state index in [-0.39, 0.29) is 30.1 Å². The lowest BCUT2D eigenvalue weighted by atomic mass is 10.2. The maximum Gasteiger partial charge on any atom is 0.293 e. The number of rotatable bonds is 5. The fraction of sp³-hybridized carbons (Fsp3) is 0.105. The molecule has 0 atom stereocenters. The first kappa shape index (κ1) is 17.0. The SMILES string of the molecule is O=C(NCCN1C(=O)S/C(=C/c2ccccc2)C1=O)c1ccccc1. The molecule has 0 saturated carbocycles. The molecule has 1 saturated heterocycles. The molecule has 1 aliphatic rings. The van der Waals surface area contributed by atoms with Crippen molar-refractivity contribution in [3.05, 3.63) is 76.7 Å². The second-order valence-corrected chi connectivity index (χ2v) is 6.36. The molecular formula is C19H16N2O3S. The number of carbonyl (C=O) groups excluding carboxylic acids is 3. The minimum absolute atomic E-state index is 0.148. The summed E-state index contributed by atoms with van der Waals surface area (Å²) >= 11 is 0.918. The van der Waals surface area contributed by atoms with Crippen LogP contribution in [-0.4, -0.2) is 35.0 Å². The van der Waals surface area contributed by atoms with Gasteiger partial charge in [-0.05, 0) is 35.5 Å². The van der Waals surface area contributed by atoms with E-state index in [1.165, 1.54) is 0 Å². The lowest BCUT2D eigenvalue weighted by molar-refractivity contribution is -0.122. The summed E-state index contributed by atoms with van der Waals surface area (Å²) in [6, 6.07) is 18.2. The van der Waals surface area contributed by atoms with E-state index >= 15 is 0 Å². The van der Waals surface area contributed by atoms with Crippen LogP contribution in [0.1, 0.15) is 15.9 Å². The van der Waals surface area contributed by atoms with E-state index in [1.807, 2.05) is 36.4 Å². The molecule has 0 aromatic heterocycles. The Kier molecular flexibility index (Phi) is 5.30. The van der Waals surface area contributed by atoms with Crippen LogP contribution >= 0.6 is 11.8 Å². The van der Waals surface area contributed by atoms with E-state index < -0.39 is 0 Å². The zero-order valence-electron chi connectivity index (χ0n) is 13.3. The quantitative estimate of drug-likeness (QED) is 0.840. The third-order valence-corrected chi connectivity index (χ3v) is 4.54. The average Bonchev–Trinajstić information content (AvgIpc) is 2.90. The Morgan fingerprint density at radius 3 is 2.32 bits per heavy atom. The van der Waals surface area contributed by atoms with Crippen molar-refractivity contribution in [1.29, 1.82) is 0 Å². The summed E-state index contributed by atoms with van der Waals surface area (Å²) in [7, 11) is 0. The zero-order valence-corrected chi connectivity index (χ0v) is 14.2. The van der Waals surface area contributed by atoms with Gasteiger partial charge in [-0.3, -0.25) is 19.3 Å². The molecule has 1 fully saturated rings. The minimum atomic E-state index is -0.326. The maximum absolute atomic E-state index is 12.4. The van der Waals surface area contributed by atoms with Gasteiger partial charge in [0.2, 0.25) is 0 Å². The Morgan fingerprint density at radius 2 is 1.64 bits per heavy atom. The highest BCUT2D eigenvalue weighted by atomic mass is 32.2. The molecule has 1 aliphatic heterocycles. The van der Waals surface area contributed by atoms with Gasteiger partial charge in [0.05, 0.1) is 4.91 Å². The van der Waals surface area contributed by atoms with Gasteiger partial charge >= 0.3 is 0 Å². The third-order valence-electron chi connectivity index (χ3n) is 3.63. The Labute approximate surface area is 149 Å². The summed E-state index contributed by atoms with van der Waals surface area (Å²) < 4.78 is 0. The molecule has 0 spiro atoms. The van der Waals surface area contributed by atoms with E-state index in [4.69, 9.17) is 0 Å². The van der Waals surface area contributed by atoms with Crippen LogP contribution in [0, 0.1) is 0 Å². The molecule has 1 N–H and O–H groups in total. The van der Waals surface area contributed by atoms with Gasteiger partial charge in [-0.15, -0.1) is 0 Å². The number of thioether (sulfide) groups is 1. The molecule has 5 nitrogen and oxygen atoms in total. The van der Waals surface area contributed by atoms with Crippen molar-refractivity contribution in [1.82, 2.24) is 10.2 Å². The van der Waals surface area contributed by atoms with Crippen molar-refractivity contribution in [2.75, 3.05) is 13.1 Å². The molecule has 0 unspecified atom stereocenters. The first-order chi connectivity index (χ1) is 12.1. The number of carbonyl (C=O) groups is 3. The van der Waals surface area contributed by atoms with Gasteiger partial charge < -0.3 is 5.32 Å². The Morgan fingerprint density at radius 1 is 1.00 bits per heavy atom. The van der Waals surface area contributed by atoms with Gasteiger partial charge in [0.1, 0.15) is 0 Å². The van der Waals surface area contributed by atoms with Crippen molar-refractivity contribution >= 4 is 34.9 Å². The summed E-state index contributed by atoms with van der Waals surface area (Å²) in [5.74, 6) is -0.555. The summed E-state index contributed by atoms with van der Waals surface area (Å²) in [5.41, 5.74) is 1.41. The predicted molar refractivity (Wildman–Crippen MR) is 97.9 cm³/mol. The normalized spacial score (nSPS) is 15.7. The summed E-state index contributed by atoms with van der Waals surface area (Å²) in [4.78, 5) is 37.9. The molecule has 2 aromatic rings. The number of nitrogens with zero attached hydrogens (tertiary/aromatic N) is 1. The van der Waals surface area contributed by atoms with Gasteiger partial charge in [-0.1, -0.05) is 48.5 Å². The van der Waals surface area contributed by atoms with E-state index in [0.29, 0.717) is 10.5 Å². The van der Waals surface area contributed by atoms with Crippen molar-refractivity contribution in [3.8, 4) is 0 Å². The summed E-state index contributed by atoms with van der Waals surface area (Å²) in [6.07, 6.45) is 1.70. The molecule has 1 heterocycles. The molecule has 2 aromatic carbocycles. The van der Waals surface area contributed by atoms with Crippen LogP contribution in [0.5, 0.6) is 0 Å². The van der Waals surface area contributed by atoms with Gasteiger partial charge in [-0.25, -0.2) is 0 Å². The van der Waals surface area contributed by atoms with Gasteiger partial charge in [0.25, 0.3) is 17.1 Å². The van der Waals surface area contributed by atoms with Crippen LogP contribution in [-0.2, 0) is 4.79 Å². The van der Waals surface area contributed by atoms with Crippen molar-refractivity contribution < 1.29 is 14.4 Å². The van der Waals surface area contributed by atoms with Crippen molar-refractivity contribution in [2.45, 2.75) is 0 Å². The average molecular weight is 352 g/mol. The lowest BCUT2D eigenvalue weighted by Crippen LogP contribution is -2.37. The molecule has 126 valence electrons. The number of imide groups is 1. The number of benzene rings is 2. The van der Waals surface area contributed by atoms with Crippen LogP contribution in [0.2, 0.25) is 0 Å². The Hall–Kier alpha value is -2.86. The van der Waals surface area contributed by atoms with Crippen LogP contribution in [0.3, 0.4) is 0 Å². The third kappa shape index (κ3) is 4.16. The van der Waals surface area contributed by atoms with Crippen LogP contribution in [0.15, 0.2) is 65.6 Å². The molecule has 0 bridgehead atoms. The fourth-order valence-corrected chi connectivity index (χ4v) is 3.23. The van der Waals surface area contributed by atoms with E-state index in [0.717, 1.165) is 22.2 Å². The summed E-state index contributed by atoms with van der Waals surface area (Å²) in [5, 5.41) is 2.40. The predicted octanol–water partition coefficient (Wildman–Crippen LogP) is 3.15. The number of amides is 3. The molecule has 6 heteroatoms. The van der Waals surface area contributed by atoms with Crippen molar-refractivity contribution in [2.24, 2.45) is 0 Å². The topological polar surface area (TPSA) is 66.5 Å². The fourth-order valence-electron chi connectivity index (χ4n) is 2.37. The monoisotopic (exact) mass is 352 g/mol. The molecule has 25 heavy (non-hydrogen) atoms. The highest BCUT2D eigenvalue weighted by Crippen LogP contribution is 2.31. The first-order valence-electron chi connectivity index (χ1n) is 7.79. The zero-order chi connectivity index (χ0) is 17.6. The highest BCUT2D eigenvalue weighted by Gasteiger charge is 2.34. The van der Waals surface area contributed by atoms with Crippen LogP contribution in [0.4, 0.5) is 4.79 Å². The van der Waals surface area contributed by atoms with Crippen LogP contribution < -0.4 is 5.32 Å². The molecular weight excluding hydrogens is 336 g/mol. The highest BCUT2D eigenvalue weighted by molar-refractivity contribution is 8.18. The molecule has 0 aliphatic carbocycles. The summed E-state index contributed by atoms with van der Waals surface area (Å²) in [6.45, 7) is 0.361. The first-order valence-corrected chi connectivity index (χ1v) is 8.60. The largest absolute Gasteiger partial charge is 0.350 e. The second-order valence-electron chi connectivity index (χ2n) is 5.37. The lowest BCUT2D eigenvalue weighted by Gasteiger charge is -2.13. The Balaban J connectivity index is 1.58. The Bertz CT molecular complexity index is 819. The second kappa shape index (κ2) is 7.81. The number of nitrogens with one attached hydrogen (secondary N) is 1. The minimum Gasteiger partial charge on any atom is -0.350 e. The standard InChI is InChI=1S/C19H16N2O3S/c22-17(15-9-5-2-6-10-15)20-11-12-21-18(23)16(25-19(21)24)13-14-7-3-1-4-8-14/h1-10,13H,11-12H2,(H,20,22)/b16-13+. The molecule has 3 rings (SSSR count). The van der Waals surface area contributed by atoms with E-state index in [2.05, 4.69) is 5.32 Å².